The summed E-state index contributed by atoms with van der Waals surface area (Å²) in [7, 11) is 1.59. The minimum Gasteiger partial charge on any atom is -0.497 e. The second kappa shape index (κ2) is 5.54. The van der Waals surface area contributed by atoms with Gasteiger partial charge in [-0.1, -0.05) is 12.1 Å². The Labute approximate surface area is 121 Å². The van der Waals surface area contributed by atoms with Crippen LogP contribution in [0.5, 0.6) is 5.75 Å². The molecule has 0 bridgehead atoms. The van der Waals surface area contributed by atoms with E-state index < -0.39 is 0 Å². The molecule has 0 aliphatic rings. The zero-order valence-electron chi connectivity index (χ0n) is 11.3. The molecule has 0 saturated carbocycles. The summed E-state index contributed by atoms with van der Waals surface area (Å²) in [6.07, 6.45) is 5.62. The van der Waals surface area contributed by atoms with Gasteiger partial charge in [-0.2, -0.15) is 5.10 Å². The minimum absolute atomic E-state index is 0.412. The molecule has 1 aromatic carbocycles. The highest BCUT2D eigenvalue weighted by Gasteiger charge is 2.13. The second-order valence-electron chi connectivity index (χ2n) is 4.28. The summed E-state index contributed by atoms with van der Waals surface area (Å²) in [5, 5.41) is 4.40. The van der Waals surface area contributed by atoms with Gasteiger partial charge in [0, 0.05) is 24.2 Å². The standard InChI is InChI=1S/C15H12N4O2/c1-21-13-5-2-4-11(8-13)14-12(10-20)9-19(18-14)15-16-6-3-7-17-15/h2-10H,1H3. The fourth-order valence-corrected chi connectivity index (χ4v) is 1.98. The summed E-state index contributed by atoms with van der Waals surface area (Å²) in [6, 6.07) is 9.10. The van der Waals surface area contributed by atoms with E-state index in [-0.39, 0.29) is 0 Å². The predicted molar refractivity (Wildman–Crippen MR) is 76.5 cm³/mol. The van der Waals surface area contributed by atoms with Crippen molar-refractivity contribution >= 4 is 6.29 Å². The zero-order chi connectivity index (χ0) is 14.7. The molecule has 0 unspecified atom stereocenters. The van der Waals surface area contributed by atoms with Crippen LogP contribution in [-0.2, 0) is 0 Å². The molecule has 2 aromatic heterocycles. The van der Waals surface area contributed by atoms with Crippen molar-refractivity contribution in [2.45, 2.75) is 0 Å². The number of carbonyl (C=O) groups is 1. The maximum atomic E-state index is 11.3. The van der Waals surface area contributed by atoms with Crippen LogP contribution in [0, 0.1) is 0 Å². The van der Waals surface area contributed by atoms with Crippen molar-refractivity contribution in [2.75, 3.05) is 7.11 Å². The number of hydrogen-bond acceptors (Lipinski definition) is 5. The summed E-state index contributed by atoms with van der Waals surface area (Å²) >= 11 is 0. The lowest BCUT2D eigenvalue weighted by molar-refractivity contribution is 0.112. The lowest BCUT2D eigenvalue weighted by atomic mass is 10.1. The first-order chi connectivity index (χ1) is 10.3. The van der Waals surface area contributed by atoms with Crippen LogP contribution in [0.1, 0.15) is 10.4 Å². The van der Waals surface area contributed by atoms with Gasteiger partial charge in [0.15, 0.2) is 6.29 Å². The van der Waals surface area contributed by atoms with E-state index in [9.17, 15) is 4.79 Å². The van der Waals surface area contributed by atoms with E-state index in [1.165, 1.54) is 4.68 Å². The van der Waals surface area contributed by atoms with E-state index in [1.54, 1.807) is 31.8 Å². The summed E-state index contributed by atoms with van der Waals surface area (Å²) in [6.45, 7) is 0. The normalized spacial score (nSPS) is 10.3. The van der Waals surface area contributed by atoms with Crippen LogP contribution in [0.4, 0.5) is 0 Å². The van der Waals surface area contributed by atoms with Crippen molar-refractivity contribution in [3.05, 3.63) is 54.5 Å². The van der Waals surface area contributed by atoms with Gasteiger partial charge in [-0.25, -0.2) is 14.6 Å². The van der Waals surface area contributed by atoms with Crippen LogP contribution in [0.3, 0.4) is 0 Å². The molecule has 3 rings (SSSR count). The lowest BCUT2D eigenvalue weighted by Crippen LogP contribution is -2.00. The third kappa shape index (κ3) is 2.51. The molecular weight excluding hydrogens is 268 g/mol. The van der Waals surface area contributed by atoms with Gasteiger partial charge in [0.1, 0.15) is 11.4 Å². The van der Waals surface area contributed by atoms with Gasteiger partial charge in [0.05, 0.1) is 12.7 Å². The molecule has 0 aliphatic carbocycles. The van der Waals surface area contributed by atoms with Gasteiger partial charge in [-0.15, -0.1) is 0 Å². The van der Waals surface area contributed by atoms with Gasteiger partial charge < -0.3 is 4.74 Å². The van der Waals surface area contributed by atoms with Crippen molar-refractivity contribution in [1.82, 2.24) is 19.7 Å². The van der Waals surface area contributed by atoms with Gasteiger partial charge in [-0.3, -0.25) is 4.79 Å². The summed E-state index contributed by atoms with van der Waals surface area (Å²) < 4.78 is 6.68. The molecule has 0 saturated heterocycles. The minimum atomic E-state index is 0.412. The molecule has 2 heterocycles. The highest BCUT2D eigenvalue weighted by molar-refractivity contribution is 5.85. The quantitative estimate of drug-likeness (QED) is 0.685. The predicted octanol–water partition coefficient (Wildman–Crippen LogP) is 2.15. The van der Waals surface area contributed by atoms with Gasteiger partial charge in [-0.05, 0) is 18.2 Å². The fourth-order valence-electron chi connectivity index (χ4n) is 1.98. The Morgan fingerprint density at radius 3 is 2.71 bits per heavy atom. The van der Waals surface area contributed by atoms with Crippen molar-refractivity contribution in [1.29, 1.82) is 0 Å². The van der Waals surface area contributed by atoms with E-state index in [0.717, 1.165) is 11.8 Å². The van der Waals surface area contributed by atoms with E-state index in [0.29, 0.717) is 23.0 Å². The summed E-state index contributed by atoms with van der Waals surface area (Å²) in [5.74, 6) is 1.12. The first-order valence-electron chi connectivity index (χ1n) is 6.28. The second-order valence-corrected chi connectivity index (χ2v) is 4.28. The average Bonchev–Trinajstić information content (AvgIpc) is 3.00. The Kier molecular flexibility index (Phi) is 3.42. The number of carbonyl (C=O) groups excluding carboxylic acids is 1. The Bertz CT molecular complexity index is 768. The molecule has 6 nitrogen and oxygen atoms in total. The maximum absolute atomic E-state index is 11.3. The maximum Gasteiger partial charge on any atom is 0.250 e. The van der Waals surface area contributed by atoms with Crippen molar-refractivity contribution in [3.63, 3.8) is 0 Å². The van der Waals surface area contributed by atoms with E-state index >= 15 is 0 Å². The first kappa shape index (κ1) is 13.0. The average molecular weight is 280 g/mol. The van der Waals surface area contributed by atoms with Crippen LogP contribution >= 0.6 is 0 Å². The molecule has 0 atom stereocenters. The van der Waals surface area contributed by atoms with Crippen LogP contribution in [0.2, 0.25) is 0 Å². The van der Waals surface area contributed by atoms with Crippen molar-refractivity contribution < 1.29 is 9.53 Å². The number of methoxy groups -OCH3 is 1. The summed E-state index contributed by atoms with van der Waals surface area (Å²) in [4.78, 5) is 19.5. The Balaban J connectivity index is 2.10. The highest BCUT2D eigenvalue weighted by Crippen LogP contribution is 2.25. The van der Waals surface area contributed by atoms with Crippen LogP contribution in [0.15, 0.2) is 48.9 Å². The summed E-state index contributed by atoms with van der Waals surface area (Å²) in [5.41, 5.74) is 1.83. The zero-order valence-corrected chi connectivity index (χ0v) is 11.3. The molecule has 21 heavy (non-hydrogen) atoms. The third-order valence-electron chi connectivity index (χ3n) is 2.97. The molecule has 0 N–H and O–H groups in total. The number of hydrogen-bond donors (Lipinski definition) is 0. The number of aromatic nitrogens is 4. The lowest BCUT2D eigenvalue weighted by Gasteiger charge is -2.02. The van der Waals surface area contributed by atoms with E-state index in [2.05, 4.69) is 15.1 Å². The van der Waals surface area contributed by atoms with Crippen LogP contribution in [-0.4, -0.2) is 33.1 Å². The van der Waals surface area contributed by atoms with Gasteiger partial charge in [0.25, 0.3) is 0 Å². The Morgan fingerprint density at radius 2 is 2.00 bits per heavy atom. The SMILES string of the molecule is COc1cccc(-c2nn(-c3ncccn3)cc2C=O)c1. The van der Waals surface area contributed by atoms with Gasteiger partial charge >= 0.3 is 0 Å². The molecule has 0 fully saturated rings. The third-order valence-corrected chi connectivity index (χ3v) is 2.97. The first-order valence-corrected chi connectivity index (χ1v) is 6.28. The van der Waals surface area contributed by atoms with Gasteiger partial charge in [0.2, 0.25) is 5.95 Å². The molecule has 0 amide bonds. The molecule has 6 heteroatoms. The van der Waals surface area contributed by atoms with Crippen LogP contribution in [0.25, 0.3) is 17.2 Å². The molecule has 104 valence electrons. The monoisotopic (exact) mass is 280 g/mol. The topological polar surface area (TPSA) is 69.9 Å². The van der Waals surface area contributed by atoms with E-state index in [4.69, 9.17) is 4.74 Å². The number of aldehydes is 1. The van der Waals surface area contributed by atoms with Crippen molar-refractivity contribution in [3.8, 4) is 23.0 Å². The number of nitrogens with zero attached hydrogens (tertiary/aromatic N) is 4. The van der Waals surface area contributed by atoms with Crippen molar-refractivity contribution in [2.24, 2.45) is 0 Å². The number of rotatable bonds is 4. The molecule has 0 aliphatic heterocycles. The largest absolute Gasteiger partial charge is 0.497 e. The Morgan fingerprint density at radius 1 is 1.19 bits per heavy atom. The number of ether oxygens (including phenoxy) is 1. The number of benzene rings is 1. The molecule has 0 radical (unpaired) electrons. The van der Waals surface area contributed by atoms with Crippen LogP contribution < -0.4 is 4.74 Å². The molecule has 0 spiro atoms. The van der Waals surface area contributed by atoms with E-state index in [1.807, 2.05) is 24.3 Å². The smallest absolute Gasteiger partial charge is 0.250 e. The fraction of sp³-hybridized carbons (Fsp3) is 0.0667. The molecular formula is C15H12N4O2. The Hall–Kier alpha value is -3.02. The highest BCUT2D eigenvalue weighted by atomic mass is 16.5. The molecule has 3 aromatic rings.